The molecule has 0 aromatic heterocycles. The molecular weight excluding hydrogens is 325 g/mol. The number of amides is 4. The molecule has 134 valence electrons. The van der Waals surface area contributed by atoms with E-state index in [9.17, 15) is 18.8 Å². The molecule has 1 aliphatic heterocycles. The molecule has 0 radical (unpaired) electrons. The fourth-order valence-corrected chi connectivity index (χ4v) is 3.30. The van der Waals surface area contributed by atoms with Crippen LogP contribution in [0.25, 0.3) is 0 Å². The zero-order chi connectivity index (χ0) is 18.2. The standard InChI is InChI=1S/C18H22FN3O3/c1-3-18(13-6-8-14(19)9-7-13)16(24)22(17(25)21-18)10-15(23)20-11(2)12-4-5-12/h6-9,11-12H,3-5,10H2,1-2H3,(H,20,23)(H,21,25)/t11-,18+/m1/s1. The highest BCUT2D eigenvalue weighted by atomic mass is 19.1. The van der Waals surface area contributed by atoms with Gasteiger partial charge in [-0.05, 0) is 49.8 Å². The molecule has 0 unspecified atom stereocenters. The zero-order valence-corrected chi connectivity index (χ0v) is 14.3. The maximum Gasteiger partial charge on any atom is 0.325 e. The van der Waals surface area contributed by atoms with Crippen LogP contribution in [0.4, 0.5) is 9.18 Å². The van der Waals surface area contributed by atoms with Gasteiger partial charge in [-0.1, -0.05) is 19.1 Å². The molecule has 2 fully saturated rings. The van der Waals surface area contributed by atoms with Crippen LogP contribution in [-0.4, -0.2) is 35.3 Å². The normalized spacial score (nSPS) is 24.2. The van der Waals surface area contributed by atoms with Crippen LogP contribution >= 0.6 is 0 Å². The summed E-state index contributed by atoms with van der Waals surface area (Å²) in [6.07, 6.45) is 2.49. The number of rotatable bonds is 6. The van der Waals surface area contributed by atoms with Crippen molar-refractivity contribution < 1.29 is 18.8 Å². The first-order valence-corrected chi connectivity index (χ1v) is 8.57. The van der Waals surface area contributed by atoms with Crippen LogP contribution in [0.15, 0.2) is 24.3 Å². The van der Waals surface area contributed by atoms with Gasteiger partial charge in [0.2, 0.25) is 5.91 Å². The van der Waals surface area contributed by atoms with E-state index in [0.717, 1.165) is 17.7 Å². The number of halogens is 1. The summed E-state index contributed by atoms with van der Waals surface area (Å²) in [5, 5.41) is 5.52. The molecule has 1 saturated carbocycles. The number of hydrogen-bond donors (Lipinski definition) is 2. The van der Waals surface area contributed by atoms with Gasteiger partial charge in [0.25, 0.3) is 5.91 Å². The van der Waals surface area contributed by atoms with Crippen molar-refractivity contribution in [2.24, 2.45) is 5.92 Å². The predicted octanol–water partition coefficient (Wildman–Crippen LogP) is 1.90. The molecule has 7 heteroatoms. The lowest BCUT2D eigenvalue weighted by Crippen LogP contribution is -2.46. The van der Waals surface area contributed by atoms with E-state index in [1.807, 2.05) is 6.92 Å². The highest BCUT2D eigenvalue weighted by Gasteiger charge is 2.51. The number of hydrogen-bond acceptors (Lipinski definition) is 3. The lowest BCUT2D eigenvalue weighted by Gasteiger charge is -2.25. The van der Waals surface area contributed by atoms with Crippen LogP contribution in [0.2, 0.25) is 0 Å². The third-order valence-electron chi connectivity index (χ3n) is 5.06. The molecule has 2 atom stereocenters. The monoisotopic (exact) mass is 347 g/mol. The Morgan fingerprint density at radius 3 is 2.56 bits per heavy atom. The van der Waals surface area contributed by atoms with Gasteiger partial charge in [0.1, 0.15) is 17.9 Å². The second-order valence-electron chi connectivity index (χ2n) is 6.78. The Morgan fingerprint density at radius 2 is 2.00 bits per heavy atom. The zero-order valence-electron chi connectivity index (χ0n) is 14.3. The van der Waals surface area contributed by atoms with Gasteiger partial charge in [0, 0.05) is 6.04 Å². The van der Waals surface area contributed by atoms with E-state index in [4.69, 9.17) is 0 Å². The lowest BCUT2D eigenvalue weighted by molar-refractivity contribution is -0.135. The molecule has 0 bridgehead atoms. The first-order valence-electron chi connectivity index (χ1n) is 8.57. The van der Waals surface area contributed by atoms with E-state index in [2.05, 4.69) is 10.6 Å². The third-order valence-corrected chi connectivity index (χ3v) is 5.06. The van der Waals surface area contributed by atoms with Gasteiger partial charge in [-0.2, -0.15) is 0 Å². The van der Waals surface area contributed by atoms with Gasteiger partial charge in [-0.3, -0.25) is 14.5 Å². The summed E-state index contributed by atoms with van der Waals surface area (Å²) >= 11 is 0. The van der Waals surface area contributed by atoms with Gasteiger partial charge < -0.3 is 10.6 Å². The molecule has 0 spiro atoms. The largest absolute Gasteiger partial charge is 0.352 e. The van der Waals surface area contributed by atoms with Crippen LogP contribution in [-0.2, 0) is 15.1 Å². The number of carbonyl (C=O) groups excluding carboxylic acids is 3. The summed E-state index contributed by atoms with van der Waals surface area (Å²) in [5.74, 6) is -0.771. The number of urea groups is 1. The highest BCUT2D eigenvalue weighted by Crippen LogP contribution is 2.33. The van der Waals surface area contributed by atoms with Crippen LogP contribution in [0.5, 0.6) is 0 Å². The summed E-state index contributed by atoms with van der Waals surface area (Å²) in [6.45, 7) is 3.38. The Morgan fingerprint density at radius 1 is 1.36 bits per heavy atom. The third kappa shape index (κ3) is 3.23. The summed E-state index contributed by atoms with van der Waals surface area (Å²) in [4.78, 5) is 38.3. The minimum Gasteiger partial charge on any atom is -0.352 e. The molecule has 1 aliphatic carbocycles. The molecule has 1 saturated heterocycles. The molecule has 1 heterocycles. The molecule has 25 heavy (non-hydrogen) atoms. The van der Waals surface area contributed by atoms with E-state index in [1.165, 1.54) is 24.3 Å². The Balaban J connectivity index is 1.76. The quantitative estimate of drug-likeness (QED) is 0.772. The van der Waals surface area contributed by atoms with Crippen molar-refractivity contribution in [2.75, 3.05) is 6.54 Å². The van der Waals surface area contributed by atoms with Crippen molar-refractivity contribution in [2.45, 2.75) is 44.7 Å². The summed E-state index contributed by atoms with van der Waals surface area (Å²) in [5.41, 5.74) is -0.753. The lowest BCUT2D eigenvalue weighted by atomic mass is 9.87. The van der Waals surface area contributed by atoms with E-state index in [-0.39, 0.29) is 18.5 Å². The molecule has 2 N–H and O–H groups in total. The smallest absolute Gasteiger partial charge is 0.325 e. The van der Waals surface area contributed by atoms with Gasteiger partial charge >= 0.3 is 6.03 Å². The Bertz CT molecular complexity index is 702. The van der Waals surface area contributed by atoms with Crippen LogP contribution < -0.4 is 10.6 Å². The van der Waals surface area contributed by atoms with Crippen molar-refractivity contribution in [3.05, 3.63) is 35.6 Å². The van der Waals surface area contributed by atoms with E-state index in [1.54, 1.807) is 6.92 Å². The molecule has 4 amide bonds. The van der Waals surface area contributed by atoms with Crippen molar-refractivity contribution >= 4 is 17.8 Å². The van der Waals surface area contributed by atoms with Gasteiger partial charge in [0.15, 0.2) is 0 Å². The number of benzene rings is 1. The Hall–Kier alpha value is -2.44. The molecule has 3 rings (SSSR count). The van der Waals surface area contributed by atoms with E-state index < -0.39 is 23.3 Å². The van der Waals surface area contributed by atoms with Crippen molar-refractivity contribution in [3.63, 3.8) is 0 Å². The summed E-state index contributed by atoms with van der Waals surface area (Å²) in [6, 6.07) is 4.90. The fraction of sp³-hybridized carbons (Fsp3) is 0.500. The van der Waals surface area contributed by atoms with Crippen molar-refractivity contribution in [1.29, 1.82) is 0 Å². The van der Waals surface area contributed by atoms with Crippen molar-refractivity contribution in [1.82, 2.24) is 15.5 Å². The molecular formula is C18H22FN3O3. The van der Waals surface area contributed by atoms with Crippen LogP contribution in [0.1, 0.15) is 38.7 Å². The Labute approximate surface area is 145 Å². The number of imide groups is 1. The first kappa shape index (κ1) is 17.4. The van der Waals surface area contributed by atoms with E-state index >= 15 is 0 Å². The maximum absolute atomic E-state index is 13.2. The first-order chi connectivity index (χ1) is 11.9. The second kappa shape index (κ2) is 6.46. The molecule has 6 nitrogen and oxygen atoms in total. The average Bonchev–Trinajstić information content (AvgIpc) is 3.39. The van der Waals surface area contributed by atoms with E-state index in [0.29, 0.717) is 17.9 Å². The molecule has 1 aromatic carbocycles. The topological polar surface area (TPSA) is 78.5 Å². The minimum atomic E-state index is -1.26. The number of nitrogens with one attached hydrogen (secondary N) is 2. The summed E-state index contributed by atoms with van der Waals surface area (Å²) < 4.78 is 13.2. The molecule has 1 aromatic rings. The van der Waals surface area contributed by atoms with Gasteiger partial charge in [-0.25, -0.2) is 9.18 Å². The highest BCUT2D eigenvalue weighted by molar-refractivity contribution is 6.09. The predicted molar refractivity (Wildman–Crippen MR) is 88.9 cm³/mol. The van der Waals surface area contributed by atoms with Crippen molar-refractivity contribution in [3.8, 4) is 0 Å². The SMILES string of the molecule is CC[C@@]1(c2ccc(F)cc2)NC(=O)N(CC(=O)N[C@H](C)C2CC2)C1=O. The van der Waals surface area contributed by atoms with Crippen LogP contribution in [0.3, 0.4) is 0 Å². The maximum atomic E-state index is 13.2. The Kier molecular flexibility index (Phi) is 4.49. The minimum absolute atomic E-state index is 0.0429. The van der Waals surface area contributed by atoms with Gasteiger partial charge in [0.05, 0.1) is 0 Å². The molecule has 2 aliphatic rings. The average molecular weight is 347 g/mol. The fourth-order valence-electron chi connectivity index (χ4n) is 3.30. The number of nitrogens with zero attached hydrogens (tertiary/aromatic N) is 1. The van der Waals surface area contributed by atoms with Crippen LogP contribution in [0, 0.1) is 11.7 Å². The number of carbonyl (C=O) groups is 3. The summed E-state index contributed by atoms with van der Waals surface area (Å²) in [7, 11) is 0. The second-order valence-corrected chi connectivity index (χ2v) is 6.78. The van der Waals surface area contributed by atoms with Gasteiger partial charge in [-0.15, -0.1) is 0 Å².